The van der Waals surface area contributed by atoms with Gasteiger partial charge in [0.05, 0.1) is 0 Å². The number of rotatable bonds is 5. The van der Waals surface area contributed by atoms with Gasteiger partial charge in [-0.3, -0.25) is 0 Å². The zero-order valence-corrected chi connectivity index (χ0v) is 18.6. The summed E-state index contributed by atoms with van der Waals surface area (Å²) >= 11 is 8.12. The molecule has 0 amide bonds. The normalized spacial score (nSPS) is 12.9. The van der Waals surface area contributed by atoms with Gasteiger partial charge in [-0.1, -0.05) is 0 Å². The third kappa shape index (κ3) is 3.33. The molecule has 0 aliphatic heterocycles. The van der Waals surface area contributed by atoms with Gasteiger partial charge in [-0.2, -0.15) is 0 Å². The third-order valence-corrected chi connectivity index (χ3v) is 13.0. The molecule has 0 fully saturated rings. The first-order valence-corrected chi connectivity index (χ1v) is 13.6. The second kappa shape index (κ2) is 7.89. The van der Waals surface area contributed by atoms with E-state index in [1.54, 1.807) is 0 Å². The molecule has 152 valence electrons. The van der Waals surface area contributed by atoms with Crippen LogP contribution in [0.2, 0.25) is 0 Å². The molecule has 0 unspecified atom stereocenters. The zero-order valence-electron chi connectivity index (χ0n) is 17.0. The predicted molar refractivity (Wildman–Crippen MR) is 134 cm³/mol. The van der Waals surface area contributed by atoms with E-state index in [1.807, 2.05) is 48.7 Å². The summed E-state index contributed by atoms with van der Waals surface area (Å²) in [5.41, 5.74) is 2.67. The van der Waals surface area contributed by atoms with E-state index in [2.05, 4.69) is 77.8 Å². The predicted octanol–water partition coefficient (Wildman–Crippen LogP) is 5.81. The summed E-state index contributed by atoms with van der Waals surface area (Å²) in [5.74, 6) is -3.40. The van der Waals surface area contributed by atoms with E-state index in [0.717, 1.165) is 32.6 Å². The van der Waals surface area contributed by atoms with E-state index in [4.69, 9.17) is 16.2 Å². The minimum atomic E-state index is -3.40. The molecule has 5 rings (SSSR count). The van der Waals surface area contributed by atoms with Crippen molar-refractivity contribution < 1.29 is 0 Å². The topological polar surface area (TPSA) is 25.8 Å². The number of hydrogen-bond donors (Lipinski definition) is 0. The first kappa shape index (κ1) is 19.9. The fourth-order valence-electron chi connectivity index (χ4n) is 4.31. The maximum atomic E-state index is 8.12. The molecule has 0 saturated heterocycles. The second-order valence-electron chi connectivity index (χ2n) is 7.70. The van der Waals surface area contributed by atoms with E-state index in [1.165, 1.54) is 0 Å². The van der Waals surface area contributed by atoms with Crippen molar-refractivity contribution in [1.82, 2.24) is 9.97 Å². The van der Waals surface area contributed by atoms with Gasteiger partial charge in [0.1, 0.15) is 0 Å². The molecular formula is C27H22ClN2P. The second-order valence-corrected chi connectivity index (χ2v) is 14.2. The number of hydrogen-bond acceptors (Lipinski definition) is 2. The van der Waals surface area contributed by atoms with Crippen molar-refractivity contribution in [2.75, 3.05) is 0 Å². The van der Waals surface area contributed by atoms with Crippen molar-refractivity contribution in [1.29, 1.82) is 0 Å². The summed E-state index contributed by atoms with van der Waals surface area (Å²) in [6.07, 6.45) is 2.46. The Morgan fingerprint density at radius 1 is 0.548 bits per heavy atom. The Morgan fingerprint density at radius 3 is 1.45 bits per heavy atom. The molecular weight excluding hydrogens is 419 g/mol. The van der Waals surface area contributed by atoms with Crippen molar-refractivity contribution in [3.05, 3.63) is 127 Å². The van der Waals surface area contributed by atoms with Gasteiger partial charge < -0.3 is 0 Å². The molecule has 0 aliphatic rings. The average molecular weight is 441 g/mol. The molecule has 0 aliphatic carbocycles. The van der Waals surface area contributed by atoms with Crippen molar-refractivity contribution in [2.45, 2.75) is 6.16 Å². The molecule has 4 aromatic carbocycles. The number of para-hydroxylation sites is 2. The Hall–Kier alpha value is -3.06. The van der Waals surface area contributed by atoms with Crippen LogP contribution in [0.3, 0.4) is 0 Å². The molecule has 0 atom stereocenters. The van der Waals surface area contributed by atoms with Crippen LogP contribution >= 0.6 is 17.2 Å². The van der Waals surface area contributed by atoms with E-state index < -0.39 is 5.96 Å². The van der Waals surface area contributed by atoms with E-state index in [0.29, 0.717) is 6.16 Å². The van der Waals surface area contributed by atoms with Crippen LogP contribution in [0.1, 0.15) is 5.69 Å². The van der Waals surface area contributed by atoms with Crippen LogP contribution in [-0.4, -0.2) is 9.97 Å². The molecule has 2 nitrogen and oxygen atoms in total. The molecule has 0 bridgehead atoms. The molecule has 31 heavy (non-hydrogen) atoms. The summed E-state index contributed by atoms with van der Waals surface area (Å²) in [6.45, 7) is 0. The third-order valence-electron chi connectivity index (χ3n) is 5.84. The summed E-state index contributed by atoms with van der Waals surface area (Å²) < 4.78 is 0. The van der Waals surface area contributed by atoms with Gasteiger partial charge in [-0.25, -0.2) is 0 Å². The van der Waals surface area contributed by atoms with Crippen LogP contribution in [-0.2, 0) is 6.16 Å². The van der Waals surface area contributed by atoms with Gasteiger partial charge in [-0.05, 0) is 0 Å². The van der Waals surface area contributed by atoms with Crippen LogP contribution in [0.4, 0.5) is 0 Å². The van der Waals surface area contributed by atoms with Crippen LogP contribution in [0.15, 0.2) is 121 Å². The fourth-order valence-corrected chi connectivity index (χ4v) is 10.3. The van der Waals surface area contributed by atoms with Gasteiger partial charge in [0.25, 0.3) is 0 Å². The van der Waals surface area contributed by atoms with Gasteiger partial charge in [0.15, 0.2) is 0 Å². The van der Waals surface area contributed by atoms with Crippen LogP contribution in [0.25, 0.3) is 11.0 Å². The number of aromatic nitrogens is 2. The minimum absolute atomic E-state index is 0.586. The van der Waals surface area contributed by atoms with Crippen LogP contribution in [0.5, 0.6) is 0 Å². The number of benzene rings is 4. The molecule has 0 radical (unpaired) electrons. The summed E-state index contributed by atoms with van der Waals surface area (Å²) in [6, 6.07) is 39.4. The molecule has 0 saturated carbocycles. The fraction of sp³-hybridized carbons (Fsp3) is 0.0370. The van der Waals surface area contributed by atoms with Gasteiger partial charge >= 0.3 is 187 Å². The Labute approximate surface area is 187 Å². The maximum absolute atomic E-state index is 8.12. The molecule has 1 aromatic heterocycles. The van der Waals surface area contributed by atoms with Crippen molar-refractivity contribution >= 4 is 44.1 Å². The zero-order chi connectivity index (χ0) is 21.2. The molecule has 1 heterocycles. The van der Waals surface area contributed by atoms with Gasteiger partial charge in [0, 0.05) is 0 Å². The van der Waals surface area contributed by atoms with E-state index in [-0.39, 0.29) is 0 Å². The van der Waals surface area contributed by atoms with Gasteiger partial charge in [-0.15, -0.1) is 0 Å². The number of halogens is 1. The van der Waals surface area contributed by atoms with Crippen molar-refractivity contribution in [3.8, 4) is 0 Å². The molecule has 5 aromatic rings. The quantitative estimate of drug-likeness (QED) is 0.322. The number of nitrogens with zero attached hydrogens (tertiary/aromatic N) is 2. The Kier molecular flexibility index (Phi) is 5.06. The first-order valence-electron chi connectivity index (χ1n) is 10.3. The number of fused-ring (bicyclic) bond motifs is 1. The standard InChI is InChI=1S/C27H22ClN2P/c28-31(23-12-4-1-5-13-23,24-14-6-2-7-15-24,25-16-8-3-9-17-25)21-22-20-29-26-18-10-11-19-27(26)30-22/h1-20H,21H2. The SMILES string of the molecule is ClP(Cc1cnc2ccccc2n1)(c1ccccc1)(c1ccccc1)c1ccccc1. The molecule has 0 spiro atoms. The van der Waals surface area contributed by atoms with Crippen LogP contribution < -0.4 is 15.9 Å². The Morgan fingerprint density at radius 2 is 0.968 bits per heavy atom. The van der Waals surface area contributed by atoms with Crippen molar-refractivity contribution in [3.63, 3.8) is 0 Å². The summed E-state index contributed by atoms with van der Waals surface area (Å²) in [5, 5.41) is 3.38. The van der Waals surface area contributed by atoms with Crippen molar-refractivity contribution in [2.24, 2.45) is 0 Å². The first-order chi connectivity index (χ1) is 15.2. The Balaban J connectivity index is 1.83. The average Bonchev–Trinajstić information content (AvgIpc) is 2.86. The summed E-state index contributed by atoms with van der Waals surface area (Å²) in [4.78, 5) is 9.64. The van der Waals surface area contributed by atoms with E-state index in [9.17, 15) is 0 Å². The van der Waals surface area contributed by atoms with E-state index >= 15 is 0 Å². The Bertz CT molecular complexity index is 1230. The summed E-state index contributed by atoms with van der Waals surface area (Å²) in [7, 11) is 0. The van der Waals surface area contributed by atoms with Crippen LogP contribution in [0, 0.1) is 0 Å². The molecule has 4 heteroatoms. The molecule has 0 N–H and O–H groups in total. The monoisotopic (exact) mass is 440 g/mol. The van der Waals surface area contributed by atoms with Gasteiger partial charge in [0.2, 0.25) is 0 Å².